The number of fused-ring (bicyclic) bond motifs is 1. The Morgan fingerprint density at radius 2 is 2.20 bits per heavy atom. The van der Waals surface area contributed by atoms with Gasteiger partial charge in [0.05, 0.1) is 22.8 Å². The summed E-state index contributed by atoms with van der Waals surface area (Å²) in [6.45, 7) is 2.45. The molecule has 0 radical (unpaired) electrons. The third-order valence-corrected chi connectivity index (χ3v) is 3.64. The molecule has 1 aromatic carbocycles. The Labute approximate surface area is 129 Å². The van der Waals surface area contributed by atoms with Crippen molar-refractivity contribution in [3.05, 3.63) is 51.4 Å². The number of benzene rings is 1. The number of hydrogen-bond donors (Lipinski definition) is 1. The molecule has 20 heavy (non-hydrogen) atoms. The molecule has 0 fully saturated rings. The van der Waals surface area contributed by atoms with Crippen molar-refractivity contribution < 1.29 is 4.52 Å². The number of nitrogens with one attached hydrogen (secondary N) is 1. The Hall–Kier alpha value is -1.59. The third-order valence-electron chi connectivity index (χ3n) is 2.89. The summed E-state index contributed by atoms with van der Waals surface area (Å²) in [6.07, 6.45) is 1.73. The molecule has 4 nitrogen and oxygen atoms in total. The Balaban J connectivity index is 1.95. The molecular weight excluding hydrogens is 342 g/mol. The van der Waals surface area contributed by atoms with Gasteiger partial charge in [-0.1, -0.05) is 32.7 Å². The van der Waals surface area contributed by atoms with E-state index in [1.165, 1.54) is 0 Å². The van der Waals surface area contributed by atoms with E-state index in [1.54, 1.807) is 6.20 Å². The molecular formula is C14H11BrClN3O. The minimum absolute atomic E-state index is 0.560. The maximum atomic E-state index is 6.21. The van der Waals surface area contributed by atoms with Gasteiger partial charge in [-0.05, 0) is 25.1 Å². The van der Waals surface area contributed by atoms with Crippen molar-refractivity contribution >= 4 is 44.1 Å². The molecule has 0 amide bonds. The van der Waals surface area contributed by atoms with Crippen LogP contribution in [0.2, 0.25) is 5.02 Å². The third kappa shape index (κ3) is 2.64. The summed E-state index contributed by atoms with van der Waals surface area (Å²) in [4.78, 5) is 4.31. The van der Waals surface area contributed by atoms with Crippen molar-refractivity contribution in [2.45, 2.75) is 13.5 Å². The Morgan fingerprint density at radius 3 is 2.95 bits per heavy atom. The Bertz CT molecular complexity index is 772. The lowest BCUT2D eigenvalue weighted by Crippen LogP contribution is -1.99. The minimum Gasteiger partial charge on any atom is -0.377 e. The summed E-state index contributed by atoms with van der Waals surface area (Å²) in [5, 5.41) is 8.76. The Kier molecular flexibility index (Phi) is 3.63. The van der Waals surface area contributed by atoms with Crippen LogP contribution in [-0.2, 0) is 6.54 Å². The van der Waals surface area contributed by atoms with Crippen molar-refractivity contribution in [2.75, 3.05) is 5.32 Å². The highest BCUT2D eigenvalue weighted by atomic mass is 79.9. The second kappa shape index (κ2) is 5.42. The van der Waals surface area contributed by atoms with Crippen LogP contribution in [0.25, 0.3) is 10.9 Å². The van der Waals surface area contributed by atoms with Crippen molar-refractivity contribution in [1.82, 2.24) is 10.1 Å². The van der Waals surface area contributed by atoms with Gasteiger partial charge in [-0.25, -0.2) is 0 Å². The average molecular weight is 353 g/mol. The van der Waals surface area contributed by atoms with Gasteiger partial charge >= 0.3 is 0 Å². The van der Waals surface area contributed by atoms with E-state index in [4.69, 9.17) is 16.1 Å². The highest BCUT2D eigenvalue weighted by Gasteiger charge is 2.08. The molecule has 1 N–H and O–H groups in total. The molecule has 0 atom stereocenters. The average Bonchev–Trinajstić information content (AvgIpc) is 2.82. The maximum absolute atomic E-state index is 6.21. The van der Waals surface area contributed by atoms with E-state index in [2.05, 4.69) is 31.4 Å². The van der Waals surface area contributed by atoms with Gasteiger partial charge in [-0.3, -0.25) is 4.98 Å². The summed E-state index contributed by atoms with van der Waals surface area (Å²) < 4.78 is 6.10. The zero-order valence-electron chi connectivity index (χ0n) is 10.7. The number of pyridine rings is 1. The standard InChI is InChI=1S/C14H11BrClN3O/c1-8-4-10(20-19-8)7-18-13-2-3-17-14-11(13)5-9(15)6-12(14)16/h2-6H,7H2,1H3,(H,17,18). The smallest absolute Gasteiger partial charge is 0.156 e. The summed E-state index contributed by atoms with van der Waals surface area (Å²) in [5.41, 5.74) is 2.59. The van der Waals surface area contributed by atoms with Crippen LogP contribution in [0, 0.1) is 6.92 Å². The van der Waals surface area contributed by atoms with E-state index in [9.17, 15) is 0 Å². The number of halogens is 2. The molecule has 0 aliphatic carbocycles. The first kappa shape index (κ1) is 13.4. The van der Waals surface area contributed by atoms with Crippen LogP contribution in [-0.4, -0.2) is 10.1 Å². The molecule has 0 aliphatic heterocycles. The lowest BCUT2D eigenvalue weighted by Gasteiger charge is -2.09. The number of hydrogen-bond acceptors (Lipinski definition) is 4. The topological polar surface area (TPSA) is 51.0 Å². The monoisotopic (exact) mass is 351 g/mol. The first-order chi connectivity index (χ1) is 9.63. The summed E-state index contributed by atoms with van der Waals surface area (Å²) >= 11 is 9.65. The van der Waals surface area contributed by atoms with E-state index in [0.29, 0.717) is 11.6 Å². The summed E-state index contributed by atoms with van der Waals surface area (Å²) in [5.74, 6) is 0.786. The predicted molar refractivity (Wildman–Crippen MR) is 83.0 cm³/mol. The zero-order chi connectivity index (χ0) is 14.1. The summed E-state index contributed by atoms with van der Waals surface area (Å²) in [7, 11) is 0. The molecule has 0 spiro atoms. The number of rotatable bonds is 3. The maximum Gasteiger partial charge on any atom is 0.156 e. The molecule has 0 saturated carbocycles. The van der Waals surface area contributed by atoms with Crippen molar-refractivity contribution in [2.24, 2.45) is 0 Å². The van der Waals surface area contributed by atoms with Gasteiger partial charge in [0.2, 0.25) is 0 Å². The number of aryl methyl sites for hydroxylation is 1. The number of nitrogens with zero attached hydrogens (tertiary/aromatic N) is 2. The molecule has 0 saturated heterocycles. The van der Waals surface area contributed by atoms with Crippen LogP contribution in [0.15, 0.2) is 39.5 Å². The molecule has 0 aliphatic rings. The van der Waals surface area contributed by atoms with Crippen LogP contribution in [0.3, 0.4) is 0 Å². The summed E-state index contributed by atoms with van der Waals surface area (Å²) in [6, 6.07) is 7.64. The van der Waals surface area contributed by atoms with E-state index < -0.39 is 0 Å². The molecule has 2 heterocycles. The first-order valence-corrected chi connectivity index (χ1v) is 7.20. The second-order valence-electron chi connectivity index (χ2n) is 4.43. The molecule has 0 bridgehead atoms. The van der Waals surface area contributed by atoms with Crippen molar-refractivity contribution in [3.8, 4) is 0 Å². The van der Waals surface area contributed by atoms with Crippen LogP contribution >= 0.6 is 27.5 Å². The van der Waals surface area contributed by atoms with Gasteiger partial charge in [-0.2, -0.15) is 0 Å². The van der Waals surface area contributed by atoms with Crippen LogP contribution in [0.4, 0.5) is 5.69 Å². The highest BCUT2D eigenvalue weighted by Crippen LogP contribution is 2.31. The number of aromatic nitrogens is 2. The van der Waals surface area contributed by atoms with E-state index in [-0.39, 0.29) is 0 Å². The minimum atomic E-state index is 0.560. The van der Waals surface area contributed by atoms with Crippen LogP contribution in [0.1, 0.15) is 11.5 Å². The fraction of sp³-hybridized carbons (Fsp3) is 0.143. The van der Waals surface area contributed by atoms with Crippen LogP contribution in [0.5, 0.6) is 0 Å². The second-order valence-corrected chi connectivity index (χ2v) is 5.75. The van der Waals surface area contributed by atoms with Gasteiger partial charge in [0.1, 0.15) is 0 Å². The molecule has 0 unspecified atom stereocenters. The number of anilines is 1. The molecule has 102 valence electrons. The normalized spacial score (nSPS) is 10.9. The quantitative estimate of drug-likeness (QED) is 0.751. The van der Waals surface area contributed by atoms with E-state index >= 15 is 0 Å². The lowest BCUT2D eigenvalue weighted by atomic mass is 10.2. The SMILES string of the molecule is Cc1cc(CNc2ccnc3c(Cl)cc(Br)cc23)on1. The molecule has 6 heteroatoms. The first-order valence-electron chi connectivity index (χ1n) is 6.03. The predicted octanol–water partition coefficient (Wildman–Crippen LogP) is 4.56. The fourth-order valence-corrected chi connectivity index (χ4v) is 2.87. The van der Waals surface area contributed by atoms with Crippen molar-refractivity contribution in [3.63, 3.8) is 0 Å². The highest BCUT2D eigenvalue weighted by molar-refractivity contribution is 9.10. The van der Waals surface area contributed by atoms with Crippen LogP contribution < -0.4 is 5.32 Å². The zero-order valence-corrected chi connectivity index (χ0v) is 13.0. The van der Waals surface area contributed by atoms with E-state index in [0.717, 1.165) is 32.5 Å². The van der Waals surface area contributed by atoms with Gasteiger partial charge in [0.25, 0.3) is 0 Å². The molecule has 3 rings (SSSR count). The van der Waals surface area contributed by atoms with Gasteiger partial charge in [0, 0.05) is 27.8 Å². The largest absolute Gasteiger partial charge is 0.377 e. The van der Waals surface area contributed by atoms with Gasteiger partial charge < -0.3 is 9.84 Å². The Morgan fingerprint density at radius 1 is 1.35 bits per heavy atom. The van der Waals surface area contributed by atoms with Gasteiger partial charge in [0.15, 0.2) is 5.76 Å². The molecule has 2 aromatic heterocycles. The van der Waals surface area contributed by atoms with E-state index in [1.807, 2.05) is 31.2 Å². The fourth-order valence-electron chi connectivity index (χ4n) is 2.01. The van der Waals surface area contributed by atoms with Gasteiger partial charge in [-0.15, -0.1) is 0 Å². The lowest BCUT2D eigenvalue weighted by molar-refractivity contribution is 0.384. The van der Waals surface area contributed by atoms with Crippen molar-refractivity contribution in [1.29, 1.82) is 0 Å². The molecule has 3 aromatic rings.